The molecule has 0 aromatic carbocycles. The monoisotopic (exact) mass is 384 g/mol. The van der Waals surface area contributed by atoms with Crippen LogP contribution in [0.5, 0.6) is 0 Å². The van der Waals surface area contributed by atoms with Gasteiger partial charge in [-0.15, -0.1) is 0 Å². The number of aromatic nitrogens is 1. The van der Waals surface area contributed by atoms with Crippen molar-refractivity contribution in [3.05, 3.63) is 42.2 Å². The number of urea groups is 1. The number of pyridine rings is 1. The van der Waals surface area contributed by atoms with E-state index in [-0.39, 0.29) is 17.9 Å². The number of fused-ring (bicyclic) bond motifs is 1. The summed E-state index contributed by atoms with van der Waals surface area (Å²) in [5.41, 5.74) is 1.89. The molecule has 152 valence electrons. The molecule has 28 heavy (non-hydrogen) atoms. The fourth-order valence-corrected chi connectivity index (χ4v) is 4.46. The van der Waals surface area contributed by atoms with Crippen LogP contribution in [0, 0.1) is 5.92 Å². The molecule has 1 aliphatic heterocycles. The Morgan fingerprint density at radius 1 is 1.43 bits per heavy atom. The third-order valence-electron chi connectivity index (χ3n) is 6.00. The maximum absolute atomic E-state index is 12.7. The fourth-order valence-electron chi connectivity index (χ4n) is 4.46. The van der Waals surface area contributed by atoms with Gasteiger partial charge in [-0.3, -0.25) is 14.7 Å². The van der Waals surface area contributed by atoms with Crippen LogP contribution < -0.4 is 5.32 Å². The summed E-state index contributed by atoms with van der Waals surface area (Å²) < 4.78 is 0. The first-order valence-electron chi connectivity index (χ1n) is 10.3. The zero-order valence-corrected chi connectivity index (χ0v) is 17.1. The molecule has 0 radical (unpaired) electrons. The average Bonchev–Trinajstić information content (AvgIpc) is 2.68. The van der Waals surface area contributed by atoms with Crippen LogP contribution >= 0.6 is 0 Å². The van der Waals surface area contributed by atoms with Crippen LogP contribution in [-0.4, -0.2) is 65.4 Å². The first-order chi connectivity index (χ1) is 13.5. The van der Waals surface area contributed by atoms with Crippen molar-refractivity contribution >= 4 is 11.8 Å². The number of nitrogens with zero attached hydrogens (tertiary/aromatic N) is 3. The number of piperidine rings is 1. The van der Waals surface area contributed by atoms with Crippen LogP contribution in [0.25, 0.3) is 0 Å². The third kappa shape index (κ3) is 4.98. The number of carbonyl (C=O) groups is 2. The molecule has 2 aliphatic rings. The number of likely N-dealkylation sites (N-methyl/N-ethyl adjacent to an activating group) is 1. The molecule has 6 heteroatoms. The van der Waals surface area contributed by atoms with Crippen molar-refractivity contribution in [1.29, 1.82) is 0 Å². The van der Waals surface area contributed by atoms with E-state index in [2.05, 4.69) is 28.7 Å². The molecule has 3 rings (SSSR count). The van der Waals surface area contributed by atoms with Gasteiger partial charge in [-0.25, -0.2) is 4.79 Å². The summed E-state index contributed by atoms with van der Waals surface area (Å²) in [4.78, 5) is 33.1. The lowest BCUT2D eigenvalue weighted by Crippen LogP contribution is -2.58. The highest BCUT2D eigenvalue weighted by molar-refractivity contribution is 5.95. The Kier molecular flexibility index (Phi) is 6.83. The average molecular weight is 385 g/mol. The molecule has 1 aromatic heterocycles. The van der Waals surface area contributed by atoms with Crippen LogP contribution in [0.1, 0.15) is 38.2 Å². The topological polar surface area (TPSA) is 65.5 Å². The number of hydrogen-bond acceptors (Lipinski definition) is 4. The lowest BCUT2D eigenvalue weighted by molar-refractivity contribution is -0.119. The second-order valence-corrected chi connectivity index (χ2v) is 8.17. The van der Waals surface area contributed by atoms with Crippen LogP contribution in [0.15, 0.2) is 36.7 Å². The van der Waals surface area contributed by atoms with E-state index in [1.807, 2.05) is 25.4 Å². The number of amides is 2. The molecule has 0 spiro atoms. The molecule has 2 amide bonds. The summed E-state index contributed by atoms with van der Waals surface area (Å²) in [5.74, 6) is 0.502. The quantitative estimate of drug-likeness (QED) is 0.766. The van der Waals surface area contributed by atoms with Gasteiger partial charge in [0.15, 0.2) is 5.78 Å². The van der Waals surface area contributed by atoms with Gasteiger partial charge in [0.05, 0.1) is 0 Å². The van der Waals surface area contributed by atoms with E-state index in [0.29, 0.717) is 24.9 Å². The minimum absolute atomic E-state index is 0.0460. The van der Waals surface area contributed by atoms with Crippen LogP contribution in [-0.2, 0) is 11.2 Å². The Balaban J connectivity index is 1.56. The van der Waals surface area contributed by atoms with E-state index in [9.17, 15) is 9.59 Å². The molecule has 3 atom stereocenters. The lowest BCUT2D eigenvalue weighted by Gasteiger charge is -2.47. The van der Waals surface area contributed by atoms with Gasteiger partial charge < -0.3 is 10.2 Å². The highest BCUT2D eigenvalue weighted by atomic mass is 16.2. The largest absolute Gasteiger partial charge is 0.334 e. The minimum Gasteiger partial charge on any atom is -0.334 e. The summed E-state index contributed by atoms with van der Waals surface area (Å²) >= 11 is 0. The maximum Gasteiger partial charge on any atom is 0.317 e. The Morgan fingerprint density at radius 2 is 2.25 bits per heavy atom. The van der Waals surface area contributed by atoms with E-state index in [1.165, 1.54) is 0 Å². The number of ketones is 1. The highest BCUT2D eigenvalue weighted by Gasteiger charge is 2.41. The molecule has 0 bridgehead atoms. The van der Waals surface area contributed by atoms with E-state index in [0.717, 1.165) is 49.9 Å². The third-order valence-corrected chi connectivity index (χ3v) is 6.00. The number of nitrogens with one attached hydrogen (secondary N) is 1. The number of Topliss-reactive ketones (excluding diaryl/α,β-unsaturated/α-hetero) is 1. The summed E-state index contributed by atoms with van der Waals surface area (Å²) in [7, 11) is 1.83. The van der Waals surface area contributed by atoms with E-state index in [4.69, 9.17) is 0 Å². The minimum atomic E-state index is -0.0460. The molecule has 2 heterocycles. The summed E-state index contributed by atoms with van der Waals surface area (Å²) in [6.45, 7) is 8.62. The summed E-state index contributed by atoms with van der Waals surface area (Å²) in [6.07, 6.45) is 7.64. The zero-order chi connectivity index (χ0) is 20.1. The van der Waals surface area contributed by atoms with Gasteiger partial charge >= 0.3 is 6.03 Å². The van der Waals surface area contributed by atoms with E-state index in [1.54, 1.807) is 11.1 Å². The molecule has 1 aromatic rings. The molecule has 6 nitrogen and oxygen atoms in total. The van der Waals surface area contributed by atoms with Crippen LogP contribution in [0.3, 0.4) is 0 Å². The van der Waals surface area contributed by atoms with Gasteiger partial charge in [-0.05, 0) is 55.3 Å². The maximum atomic E-state index is 12.7. The second kappa shape index (κ2) is 9.32. The van der Waals surface area contributed by atoms with E-state index >= 15 is 0 Å². The van der Waals surface area contributed by atoms with Gasteiger partial charge in [0, 0.05) is 51.0 Å². The summed E-state index contributed by atoms with van der Waals surface area (Å²) in [5, 5.41) is 3.20. The van der Waals surface area contributed by atoms with Gasteiger partial charge in [-0.1, -0.05) is 19.6 Å². The Bertz CT molecular complexity index is 706. The number of rotatable bonds is 6. The molecule has 1 saturated carbocycles. The smallest absolute Gasteiger partial charge is 0.317 e. The first kappa shape index (κ1) is 20.5. The molecular formula is C22H32N4O2. The van der Waals surface area contributed by atoms with Crippen molar-refractivity contribution in [2.75, 3.05) is 26.7 Å². The number of hydrogen-bond donors (Lipinski definition) is 1. The molecule has 1 saturated heterocycles. The highest BCUT2D eigenvalue weighted by Crippen LogP contribution is 2.35. The Morgan fingerprint density at radius 3 is 2.96 bits per heavy atom. The van der Waals surface area contributed by atoms with Gasteiger partial charge in [0.25, 0.3) is 0 Å². The van der Waals surface area contributed by atoms with E-state index < -0.39 is 0 Å². The van der Waals surface area contributed by atoms with Gasteiger partial charge in [0.1, 0.15) is 0 Å². The van der Waals surface area contributed by atoms with Crippen molar-refractivity contribution in [2.45, 2.75) is 51.1 Å². The zero-order valence-electron chi connectivity index (χ0n) is 17.1. The Hall–Kier alpha value is -2.21. The molecule has 1 aliphatic carbocycles. The number of carbonyl (C=O) groups excluding carboxylic acids is 2. The lowest BCUT2D eigenvalue weighted by atomic mass is 9.74. The van der Waals surface area contributed by atoms with Crippen molar-refractivity contribution in [2.24, 2.45) is 5.92 Å². The molecule has 0 unspecified atom stereocenters. The number of likely N-dealkylation sites (tertiary alicyclic amines) is 1. The molecule has 2 fully saturated rings. The first-order valence-corrected chi connectivity index (χ1v) is 10.3. The second-order valence-electron chi connectivity index (χ2n) is 8.17. The van der Waals surface area contributed by atoms with Crippen molar-refractivity contribution in [3.63, 3.8) is 0 Å². The van der Waals surface area contributed by atoms with Gasteiger partial charge in [-0.2, -0.15) is 0 Å². The normalized spacial score (nSPS) is 25.3. The van der Waals surface area contributed by atoms with Crippen molar-refractivity contribution < 1.29 is 9.59 Å². The molecular weight excluding hydrogens is 352 g/mol. The predicted octanol–water partition coefficient (Wildman–Crippen LogP) is 2.65. The molecule has 1 N–H and O–H groups in total. The summed E-state index contributed by atoms with van der Waals surface area (Å²) in [6, 6.07) is 4.37. The van der Waals surface area contributed by atoms with Crippen molar-refractivity contribution in [1.82, 2.24) is 20.1 Å². The SMILES string of the molecule is C=C1C[C@@H]2[C@@H](CC1=O)C[C@H](NC(=O)N(C)CCc1cccnc1)CN2CCC. The van der Waals surface area contributed by atoms with Crippen molar-refractivity contribution in [3.8, 4) is 0 Å². The van der Waals surface area contributed by atoms with Crippen LogP contribution in [0.4, 0.5) is 4.79 Å². The van der Waals surface area contributed by atoms with Crippen LogP contribution in [0.2, 0.25) is 0 Å². The predicted molar refractivity (Wildman–Crippen MR) is 110 cm³/mol. The standard InChI is InChI=1S/C22H32N4O2/c1-4-9-26-15-19(12-18-13-21(27)16(2)11-20(18)26)24-22(28)25(3)10-7-17-6-5-8-23-14-17/h5-6,8,14,18-20H,2,4,7,9-13,15H2,1,3H3,(H,24,28)/t18-,19+,20-/m1/s1. The fraction of sp³-hybridized carbons (Fsp3) is 0.591. The Labute approximate surface area is 168 Å². The van der Waals surface area contributed by atoms with Gasteiger partial charge in [0.2, 0.25) is 0 Å².